The zero-order valence-corrected chi connectivity index (χ0v) is 15.7. The van der Waals surface area contributed by atoms with Gasteiger partial charge in [-0.25, -0.2) is 0 Å². The number of hydrogen-bond donors (Lipinski definition) is 1. The Labute approximate surface area is 150 Å². The molecule has 0 saturated carbocycles. The number of benzene rings is 1. The van der Waals surface area contributed by atoms with E-state index >= 15 is 0 Å². The van der Waals surface area contributed by atoms with Crippen molar-refractivity contribution in [1.29, 1.82) is 0 Å². The maximum atomic E-state index is 5.86. The van der Waals surface area contributed by atoms with Gasteiger partial charge in [0.1, 0.15) is 0 Å². The lowest BCUT2D eigenvalue weighted by Gasteiger charge is -2.37. The number of nitrogens with one attached hydrogen (secondary N) is 1. The zero-order chi connectivity index (χ0) is 17.8. The second-order valence-corrected chi connectivity index (χ2v) is 7.27. The number of nitrogens with zero attached hydrogens (tertiary/aromatic N) is 2. The van der Waals surface area contributed by atoms with E-state index in [-0.39, 0.29) is 12.2 Å². The topological polar surface area (TPSA) is 50.5 Å². The predicted molar refractivity (Wildman–Crippen MR) is 99.8 cm³/mol. The van der Waals surface area contributed by atoms with E-state index in [1.807, 2.05) is 6.07 Å². The number of para-hydroxylation sites is 1. The van der Waals surface area contributed by atoms with Crippen molar-refractivity contribution < 1.29 is 9.26 Å². The van der Waals surface area contributed by atoms with Gasteiger partial charge in [-0.3, -0.25) is 0 Å². The third kappa shape index (κ3) is 4.61. The fourth-order valence-electron chi connectivity index (χ4n) is 3.35. The lowest BCUT2D eigenvalue weighted by molar-refractivity contribution is -0.00526. The molecule has 136 valence electrons. The van der Waals surface area contributed by atoms with E-state index in [0.29, 0.717) is 12.5 Å². The maximum absolute atomic E-state index is 5.86. The Morgan fingerprint density at radius 3 is 2.56 bits per heavy atom. The molecule has 1 saturated heterocycles. The minimum absolute atomic E-state index is 0.258. The fraction of sp³-hybridized carbons (Fsp3) is 0.550. The highest BCUT2D eigenvalue weighted by atomic mass is 16.5. The lowest BCUT2D eigenvalue weighted by Crippen LogP contribution is -2.46. The van der Waals surface area contributed by atoms with Crippen LogP contribution in [-0.4, -0.2) is 30.5 Å². The van der Waals surface area contributed by atoms with Crippen molar-refractivity contribution in [3.05, 3.63) is 47.3 Å². The van der Waals surface area contributed by atoms with Crippen molar-refractivity contribution in [1.82, 2.24) is 10.5 Å². The summed E-state index contributed by atoms with van der Waals surface area (Å²) < 4.78 is 11.3. The van der Waals surface area contributed by atoms with E-state index in [1.54, 1.807) is 0 Å². The summed E-state index contributed by atoms with van der Waals surface area (Å²) in [5.74, 6) is 1.28. The Morgan fingerprint density at radius 1 is 1.16 bits per heavy atom. The molecule has 2 atom stereocenters. The first-order valence-corrected chi connectivity index (χ1v) is 9.17. The molecule has 5 nitrogen and oxygen atoms in total. The second kappa shape index (κ2) is 8.02. The molecule has 0 spiro atoms. The molecule has 0 aliphatic carbocycles. The highest BCUT2D eigenvalue weighted by Gasteiger charge is 2.23. The molecule has 1 aliphatic rings. The van der Waals surface area contributed by atoms with Crippen LogP contribution in [0.15, 0.2) is 34.9 Å². The first-order valence-electron chi connectivity index (χ1n) is 9.17. The van der Waals surface area contributed by atoms with Gasteiger partial charge in [-0.05, 0) is 31.4 Å². The standard InChI is InChI=1S/C20H29N3O2/c1-14(2)19-9-18(25-22-19)11-21-10-17-7-5-6-8-20(17)23-12-15(3)24-16(4)13-23/h5-9,14-16,21H,10-13H2,1-4H3. The van der Waals surface area contributed by atoms with Crippen LogP contribution >= 0.6 is 0 Å². The first kappa shape index (κ1) is 18.0. The summed E-state index contributed by atoms with van der Waals surface area (Å²) in [6.07, 6.45) is 0.516. The third-order valence-corrected chi connectivity index (χ3v) is 4.54. The summed E-state index contributed by atoms with van der Waals surface area (Å²) >= 11 is 0. The van der Waals surface area contributed by atoms with E-state index in [1.165, 1.54) is 11.3 Å². The second-order valence-electron chi connectivity index (χ2n) is 7.27. The molecule has 25 heavy (non-hydrogen) atoms. The van der Waals surface area contributed by atoms with Gasteiger partial charge in [-0.1, -0.05) is 37.2 Å². The van der Waals surface area contributed by atoms with Crippen LogP contribution in [0.2, 0.25) is 0 Å². The Kier molecular flexibility index (Phi) is 5.76. The van der Waals surface area contributed by atoms with Crippen LogP contribution in [0.1, 0.15) is 50.6 Å². The molecule has 1 N–H and O–H groups in total. The van der Waals surface area contributed by atoms with Gasteiger partial charge in [0.05, 0.1) is 24.4 Å². The number of anilines is 1. The van der Waals surface area contributed by atoms with Crippen LogP contribution in [0, 0.1) is 0 Å². The maximum Gasteiger partial charge on any atom is 0.150 e. The summed E-state index contributed by atoms with van der Waals surface area (Å²) in [6, 6.07) is 10.6. The SMILES string of the molecule is CC1CN(c2ccccc2CNCc2cc(C(C)C)no2)CC(C)O1. The predicted octanol–water partition coefficient (Wildman–Crippen LogP) is 3.70. The van der Waals surface area contributed by atoms with Gasteiger partial charge < -0.3 is 19.5 Å². The Morgan fingerprint density at radius 2 is 1.88 bits per heavy atom. The van der Waals surface area contributed by atoms with Crippen LogP contribution in [0.3, 0.4) is 0 Å². The Hall–Kier alpha value is -1.85. The minimum atomic E-state index is 0.258. The molecule has 2 aromatic rings. The van der Waals surface area contributed by atoms with Gasteiger partial charge in [-0.15, -0.1) is 0 Å². The highest BCUT2D eigenvalue weighted by Crippen LogP contribution is 2.24. The van der Waals surface area contributed by atoms with E-state index in [9.17, 15) is 0 Å². The van der Waals surface area contributed by atoms with Crippen LogP contribution in [0.25, 0.3) is 0 Å². The van der Waals surface area contributed by atoms with Gasteiger partial charge in [0.15, 0.2) is 5.76 Å². The molecule has 1 fully saturated rings. The molecular weight excluding hydrogens is 314 g/mol. The number of rotatable bonds is 6. The van der Waals surface area contributed by atoms with Crippen molar-refractivity contribution in [2.24, 2.45) is 0 Å². The number of ether oxygens (including phenoxy) is 1. The summed E-state index contributed by atoms with van der Waals surface area (Å²) in [6.45, 7) is 11.9. The zero-order valence-electron chi connectivity index (χ0n) is 15.7. The van der Waals surface area contributed by atoms with Crippen molar-refractivity contribution >= 4 is 5.69 Å². The van der Waals surface area contributed by atoms with Gasteiger partial charge in [0.2, 0.25) is 0 Å². The molecule has 1 aliphatic heterocycles. The molecular formula is C20H29N3O2. The van der Waals surface area contributed by atoms with E-state index in [4.69, 9.17) is 9.26 Å². The van der Waals surface area contributed by atoms with Gasteiger partial charge in [0.25, 0.3) is 0 Å². The summed E-state index contributed by atoms with van der Waals surface area (Å²) in [5.41, 5.74) is 3.60. The Balaban J connectivity index is 1.62. The van der Waals surface area contributed by atoms with Crippen molar-refractivity contribution in [2.45, 2.75) is 58.9 Å². The summed E-state index contributed by atoms with van der Waals surface area (Å²) in [5, 5.41) is 7.59. The average molecular weight is 343 g/mol. The lowest BCUT2D eigenvalue weighted by atomic mass is 10.1. The normalized spacial score (nSPS) is 21.1. The molecule has 2 heterocycles. The van der Waals surface area contributed by atoms with Gasteiger partial charge in [0, 0.05) is 31.4 Å². The Bertz CT molecular complexity index is 673. The number of aromatic nitrogens is 1. The van der Waals surface area contributed by atoms with Crippen molar-refractivity contribution in [2.75, 3.05) is 18.0 Å². The van der Waals surface area contributed by atoms with Crippen LogP contribution in [0.5, 0.6) is 0 Å². The van der Waals surface area contributed by atoms with E-state index in [2.05, 4.69) is 67.3 Å². The highest BCUT2D eigenvalue weighted by molar-refractivity contribution is 5.54. The van der Waals surface area contributed by atoms with Crippen molar-refractivity contribution in [3.63, 3.8) is 0 Å². The minimum Gasteiger partial charge on any atom is -0.372 e. The molecule has 1 aromatic carbocycles. The quantitative estimate of drug-likeness (QED) is 0.867. The molecule has 0 amide bonds. The van der Waals surface area contributed by atoms with Gasteiger partial charge in [-0.2, -0.15) is 0 Å². The van der Waals surface area contributed by atoms with E-state index < -0.39 is 0 Å². The van der Waals surface area contributed by atoms with Crippen molar-refractivity contribution in [3.8, 4) is 0 Å². The molecule has 3 rings (SSSR count). The number of hydrogen-bond acceptors (Lipinski definition) is 5. The smallest absolute Gasteiger partial charge is 0.150 e. The van der Waals surface area contributed by atoms with Crippen LogP contribution in [0.4, 0.5) is 5.69 Å². The fourth-order valence-corrected chi connectivity index (χ4v) is 3.35. The third-order valence-electron chi connectivity index (χ3n) is 4.54. The molecule has 1 aromatic heterocycles. The average Bonchev–Trinajstić information content (AvgIpc) is 3.03. The number of morpholine rings is 1. The van der Waals surface area contributed by atoms with E-state index in [0.717, 1.165) is 31.1 Å². The molecule has 2 unspecified atom stereocenters. The summed E-state index contributed by atoms with van der Waals surface area (Å²) in [4.78, 5) is 2.43. The summed E-state index contributed by atoms with van der Waals surface area (Å²) in [7, 11) is 0. The molecule has 5 heteroatoms. The molecule has 0 bridgehead atoms. The first-order chi connectivity index (χ1) is 12.0. The van der Waals surface area contributed by atoms with Crippen LogP contribution in [-0.2, 0) is 17.8 Å². The van der Waals surface area contributed by atoms with Crippen LogP contribution < -0.4 is 10.2 Å². The monoisotopic (exact) mass is 343 g/mol. The van der Waals surface area contributed by atoms with Gasteiger partial charge >= 0.3 is 0 Å². The largest absolute Gasteiger partial charge is 0.372 e. The molecule has 0 radical (unpaired) electrons.